The van der Waals surface area contributed by atoms with Crippen molar-refractivity contribution in [2.75, 3.05) is 0 Å². The van der Waals surface area contributed by atoms with E-state index in [-0.39, 0.29) is 6.04 Å². The first-order valence-corrected chi connectivity index (χ1v) is 4.79. The standard InChI is InChI=1S/C11H12ClN/c1-7(13)9-5-8-3-2-4-11(12)10(8)6-9/h2-4,6-7H,5,13H2,1H3. The summed E-state index contributed by atoms with van der Waals surface area (Å²) in [6.07, 6.45) is 3.07. The molecule has 0 radical (unpaired) electrons. The molecule has 0 saturated heterocycles. The van der Waals surface area contributed by atoms with Crippen molar-refractivity contribution in [2.45, 2.75) is 19.4 Å². The van der Waals surface area contributed by atoms with Gasteiger partial charge in [-0.15, -0.1) is 0 Å². The van der Waals surface area contributed by atoms with E-state index in [4.69, 9.17) is 17.3 Å². The molecule has 0 heterocycles. The molecule has 1 unspecified atom stereocenters. The fourth-order valence-corrected chi connectivity index (χ4v) is 1.89. The minimum atomic E-state index is 0.128. The second kappa shape index (κ2) is 3.17. The summed E-state index contributed by atoms with van der Waals surface area (Å²) in [7, 11) is 0. The quantitative estimate of drug-likeness (QED) is 0.729. The molecule has 2 N–H and O–H groups in total. The van der Waals surface area contributed by atoms with Gasteiger partial charge in [0.25, 0.3) is 0 Å². The van der Waals surface area contributed by atoms with Crippen molar-refractivity contribution in [3.05, 3.63) is 39.9 Å². The lowest BCUT2D eigenvalue weighted by molar-refractivity contribution is 0.841. The highest BCUT2D eigenvalue weighted by molar-refractivity contribution is 6.32. The molecule has 1 aromatic rings. The Labute approximate surface area is 83.2 Å². The second-order valence-electron chi connectivity index (χ2n) is 3.50. The molecule has 0 saturated carbocycles. The van der Waals surface area contributed by atoms with Crippen molar-refractivity contribution in [1.82, 2.24) is 0 Å². The van der Waals surface area contributed by atoms with E-state index in [1.807, 2.05) is 19.1 Å². The largest absolute Gasteiger partial charge is 0.324 e. The topological polar surface area (TPSA) is 26.0 Å². The third-order valence-corrected chi connectivity index (χ3v) is 2.78. The van der Waals surface area contributed by atoms with Gasteiger partial charge in [-0.05, 0) is 36.1 Å². The Bertz CT molecular complexity index is 366. The van der Waals surface area contributed by atoms with Gasteiger partial charge < -0.3 is 5.73 Å². The van der Waals surface area contributed by atoms with Crippen molar-refractivity contribution in [3.63, 3.8) is 0 Å². The Hall–Kier alpha value is -0.790. The molecule has 68 valence electrons. The molecule has 0 aromatic heterocycles. The SMILES string of the molecule is CC(N)C1=Cc2c(Cl)cccc2C1. The first-order chi connectivity index (χ1) is 6.18. The van der Waals surface area contributed by atoms with Crippen LogP contribution in [0.4, 0.5) is 0 Å². The monoisotopic (exact) mass is 193 g/mol. The van der Waals surface area contributed by atoms with E-state index in [0.29, 0.717) is 0 Å². The van der Waals surface area contributed by atoms with E-state index in [9.17, 15) is 0 Å². The molecule has 0 amide bonds. The van der Waals surface area contributed by atoms with E-state index >= 15 is 0 Å². The molecule has 1 nitrogen and oxygen atoms in total. The van der Waals surface area contributed by atoms with Gasteiger partial charge in [0.05, 0.1) is 0 Å². The molecule has 2 rings (SSSR count). The summed E-state index contributed by atoms with van der Waals surface area (Å²) in [6, 6.07) is 6.14. The van der Waals surface area contributed by atoms with Gasteiger partial charge in [-0.2, -0.15) is 0 Å². The summed E-state index contributed by atoms with van der Waals surface area (Å²) in [5.41, 5.74) is 9.52. The number of hydrogen-bond donors (Lipinski definition) is 1. The smallest absolute Gasteiger partial charge is 0.0481 e. The van der Waals surface area contributed by atoms with Gasteiger partial charge in [0.15, 0.2) is 0 Å². The van der Waals surface area contributed by atoms with Crippen LogP contribution in [-0.4, -0.2) is 6.04 Å². The lowest BCUT2D eigenvalue weighted by Gasteiger charge is -2.04. The highest BCUT2D eigenvalue weighted by Gasteiger charge is 2.16. The summed E-state index contributed by atoms with van der Waals surface area (Å²) in [5.74, 6) is 0. The van der Waals surface area contributed by atoms with Gasteiger partial charge in [-0.3, -0.25) is 0 Å². The maximum Gasteiger partial charge on any atom is 0.0481 e. The molecule has 1 atom stereocenters. The summed E-state index contributed by atoms with van der Waals surface area (Å²) in [6.45, 7) is 2.01. The van der Waals surface area contributed by atoms with E-state index < -0.39 is 0 Å². The summed E-state index contributed by atoms with van der Waals surface area (Å²) in [5, 5.41) is 0.827. The van der Waals surface area contributed by atoms with Crippen molar-refractivity contribution in [2.24, 2.45) is 5.73 Å². The molecule has 0 bridgehead atoms. The van der Waals surface area contributed by atoms with Gasteiger partial charge in [0.2, 0.25) is 0 Å². The van der Waals surface area contributed by atoms with E-state index in [1.54, 1.807) is 0 Å². The van der Waals surface area contributed by atoms with Crippen LogP contribution < -0.4 is 5.73 Å². The van der Waals surface area contributed by atoms with Crippen LogP contribution in [0.25, 0.3) is 6.08 Å². The number of rotatable bonds is 1. The lowest BCUT2D eigenvalue weighted by atomic mass is 10.1. The zero-order valence-corrected chi connectivity index (χ0v) is 8.31. The van der Waals surface area contributed by atoms with Crippen LogP contribution in [0.2, 0.25) is 5.02 Å². The zero-order chi connectivity index (χ0) is 9.42. The van der Waals surface area contributed by atoms with Crippen molar-refractivity contribution in [1.29, 1.82) is 0 Å². The molecule has 0 fully saturated rings. The third kappa shape index (κ3) is 1.50. The first kappa shape index (κ1) is 8.79. The molecule has 13 heavy (non-hydrogen) atoms. The van der Waals surface area contributed by atoms with Gasteiger partial charge in [0.1, 0.15) is 0 Å². The average molecular weight is 194 g/mol. The van der Waals surface area contributed by atoms with Crippen molar-refractivity contribution < 1.29 is 0 Å². The number of hydrogen-bond acceptors (Lipinski definition) is 1. The number of nitrogens with two attached hydrogens (primary N) is 1. The van der Waals surface area contributed by atoms with Gasteiger partial charge in [-0.1, -0.05) is 29.8 Å². The molecular weight excluding hydrogens is 182 g/mol. The predicted octanol–water partition coefficient (Wildman–Crippen LogP) is 2.63. The Kier molecular flexibility index (Phi) is 2.14. The summed E-state index contributed by atoms with van der Waals surface area (Å²) in [4.78, 5) is 0. The van der Waals surface area contributed by atoms with Crippen LogP contribution in [0, 0.1) is 0 Å². The molecule has 0 aliphatic heterocycles. The maximum absolute atomic E-state index is 6.05. The maximum atomic E-state index is 6.05. The van der Waals surface area contributed by atoms with Crippen LogP contribution in [-0.2, 0) is 6.42 Å². The number of benzene rings is 1. The molecular formula is C11H12ClN. The van der Waals surface area contributed by atoms with Crippen LogP contribution in [0.5, 0.6) is 0 Å². The van der Waals surface area contributed by atoms with Crippen LogP contribution in [0.1, 0.15) is 18.1 Å². The Morgan fingerprint density at radius 2 is 2.23 bits per heavy atom. The summed E-state index contributed by atoms with van der Waals surface area (Å²) < 4.78 is 0. The Morgan fingerprint density at radius 1 is 1.46 bits per heavy atom. The van der Waals surface area contributed by atoms with Crippen LogP contribution in [0.3, 0.4) is 0 Å². The average Bonchev–Trinajstić information content (AvgIpc) is 2.49. The third-order valence-electron chi connectivity index (χ3n) is 2.45. The highest BCUT2D eigenvalue weighted by Crippen LogP contribution is 2.31. The van der Waals surface area contributed by atoms with Crippen LogP contribution in [0.15, 0.2) is 23.8 Å². The number of halogens is 1. The normalized spacial score (nSPS) is 16.7. The van der Waals surface area contributed by atoms with Crippen molar-refractivity contribution >= 4 is 17.7 Å². The van der Waals surface area contributed by atoms with Gasteiger partial charge >= 0.3 is 0 Å². The lowest BCUT2D eigenvalue weighted by Crippen LogP contribution is -2.17. The first-order valence-electron chi connectivity index (χ1n) is 4.42. The molecule has 2 heteroatoms. The van der Waals surface area contributed by atoms with Gasteiger partial charge in [0, 0.05) is 11.1 Å². The highest BCUT2D eigenvalue weighted by atomic mass is 35.5. The minimum absolute atomic E-state index is 0.128. The fourth-order valence-electron chi connectivity index (χ4n) is 1.65. The number of fused-ring (bicyclic) bond motifs is 1. The Morgan fingerprint density at radius 3 is 2.85 bits per heavy atom. The zero-order valence-electron chi connectivity index (χ0n) is 7.55. The van der Waals surface area contributed by atoms with E-state index in [1.165, 1.54) is 11.1 Å². The van der Waals surface area contributed by atoms with Gasteiger partial charge in [-0.25, -0.2) is 0 Å². The molecule has 0 spiro atoms. The minimum Gasteiger partial charge on any atom is -0.324 e. The Balaban J connectivity index is 2.43. The predicted molar refractivity (Wildman–Crippen MR) is 56.8 cm³/mol. The fraction of sp³-hybridized carbons (Fsp3) is 0.273. The molecule has 1 aromatic carbocycles. The molecule has 1 aliphatic rings. The molecule has 1 aliphatic carbocycles. The van der Waals surface area contributed by atoms with E-state index in [0.717, 1.165) is 17.0 Å². The van der Waals surface area contributed by atoms with Crippen molar-refractivity contribution in [3.8, 4) is 0 Å². The van der Waals surface area contributed by atoms with Crippen LogP contribution >= 0.6 is 11.6 Å². The second-order valence-corrected chi connectivity index (χ2v) is 3.90. The summed E-state index contributed by atoms with van der Waals surface area (Å²) >= 11 is 6.05. The van der Waals surface area contributed by atoms with E-state index in [2.05, 4.69) is 12.1 Å².